The second-order valence-corrected chi connectivity index (χ2v) is 7.16. The SMILES string of the molecule is C[C@H](N)C1OC=C(NC=O)N1CC(=O)Nc1ccc(N2CCN(C)CC2)cc1. The van der Waals surface area contributed by atoms with E-state index in [2.05, 4.69) is 27.5 Å². The number of rotatable bonds is 7. The van der Waals surface area contributed by atoms with Crippen LogP contribution in [0.15, 0.2) is 36.3 Å². The maximum absolute atomic E-state index is 12.5. The van der Waals surface area contributed by atoms with E-state index in [0.29, 0.717) is 17.9 Å². The Morgan fingerprint density at radius 2 is 1.96 bits per heavy atom. The molecule has 1 aromatic rings. The van der Waals surface area contributed by atoms with Crippen molar-refractivity contribution < 1.29 is 14.3 Å². The van der Waals surface area contributed by atoms with Crippen molar-refractivity contribution in [3.05, 3.63) is 36.3 Å². The van der Waals surface area contributed by atoms with E-state index in [-0.39, 0.29) is 18.5 Å². The first kappa shape index (κ1) is 20.0. The molecular weight excluding hydrogens is 360 g/mol. The lowest BCUT2D eigenvalue weighted by atomic mass is 10.2. The Hall–Kier alpha value is -2.78. The molecule has 2 heterocycles. The monoisotopic (exact) mass is 388 g/mol. The molecule has 0 spiro atoms. The third kappa shape index (κ3) is 4.73. The van der Waals surface area contributed by atoms with Gasteiger partial charge in [-0.25, -0.2) is 0 Å². The summed E-state index contributed by atoms with van der Waals surface area (Å²) in [6.07, 6.45) is 1.44. The first-order valence-corrected chi connectivity index (χ1v) is 9.39. The Kier molecular flexibility index (Phi) is 6.37. The van der Waals surface area contributed by atoms with Crippen molar-refractivity contribution in [2.24, 2.45) is 5.73 Å². The van der Waals surface area contributed by atoms with Crippen molar-refractivity contribution in [2.75, 3.05) is 50.0 Å². The molecule has 0 bridgehead atoms. The van der Waals surface area contributed by atoms with Crippen LogP contribution in [-0.4, -0.2) is 74.2 Å². The predicted octanol–water partition coefficient (Wildman–Crippen LogP) is -0.0727. The van der Waals surface area contributed by atoms with Gasteiger partial charge in [0.15, 0.2) is 6.23 Å². The minimum atomic E-state index is -0.507. The van der Waals surface area contributed by atoms with E-state index in [4.69, 9.17) is 10.5 Å². The summed E-state index contributed by atoms with van der Waals surface area (Å²) in [4.78, 5) is 29.5. The van der Waals surface area contributed by atoms with Crippen LogP contribution in [0.4, 0.5) is 11.4 Å². The maximum Gasteiger partial charge on any atom is 0.244 e. The van der Waals surface area contributed by atoms with Crippen LogP contribution >= 0.6 is 0 Å². The number of hydrogen-bond acceptors (Lipinski definition) is 7. The fraction of sp³-hybridized carbons (Fsp3) is 0.474. The Morgan fingerprint density at radius 3 is 2.57 bits per heavy atom. The van der Waals surface area contributed by atoms with Crippen LogP contribution in [0, 0.1) is 0 Å². The van der Waals surface area contributed by atoms with E-state index in [1.54, 1.807) is 11.8 Å². The summed E-state index contributed by atoms with van der Waals surface area (Å²) in [6, 6.07) is 7.50. The van der Waals surface area contributed by atoms with Gasteiger partial charge >= 0.3 is 0 Å². The molecular formula is C19H28N6O3. The maximum atomic E-state index is 12.5. The Labute approximate surface area is 165 Å². The lowest BCUT2D eigenvalue weighted by Crippen LogP contribution is -2.48. The van der Waals surface area contributed by atoms with Crippen molar-refractivity contribution in [3.63, 3.8) is 0 Å². The van der Waals surface area contributed by atoms with Gasteiger partial charge in [0, 0.05) is 37.6 Å². The van der Waals surface area contributed by atoms with Gasteiger partial charge in [-0.1, -0.05) is 0 Å². The van der Waals surface area contributed by atoms with Crippen molar-refractivity contribution in [1.29, 1.82) is 0 Å². The molecule has 4 N–H and O–H groups in total. The number of carbonyl (C=O) groups is 2. The number of carbonyl (C=O) groups excluding carboxylic acids is 2. The molecule has 2 atom stereocenters. The molecule has 0 aromatic heterocycles. The summed E-state index contributed by atoms with van der Waals surface area (Å²) in [5.41, 5.74) is 7.78. The number of nitrogens with one attached hydrogen (secondary N) is 2. The highest BCUT2D eigenvalue weighted by atomic mass is 16.5. The number of likely N-dealkylation sites (N-methyl/N-ethyl adjacent to an activating group) is 1. The summed E-state index contributed by atoms with van der Waals surface area (Å²) in [7, 11) is 2.13. The number of anilines is 2. The Morgan fingerprint density at radius 1 is 1.29 bits per heavy atom. The molecule has 0 radical (unpaired) electrons. The molecule has 1 fully saturated rings. The molecule has 0 aliphatic carbocycles. The topological polar surface area (TPSA) is 103 Å². The van der Waals surface area contributed by atoms with Gasteiger partial charge in [-0.15, -0.1) is 0 Å². The molecule has 1 aromatic carbocycles. The second-order valence-electron chi connectivity index (χ2n) is 7.16. The molecule has 2 amide bonds. The average molecular weight is 388 g/mol. The number of ether oxygens (including phenoxy) is 1. The molecule has 2 aliphatic rings. The Balaban J connectivity index is 1.58. The van der Waals surface area contributed by atoms with Gasteiger partial charge in [0.2, 0.25) is 12.3 Å². The minimum Gasteiger partial charge on any atom is -0.473 e. The fourth-order valence-corrected chi connectivity index (χ4v) is 3.35. The van der Waals surface area contributed by atoms with Gasteiger partial charge in [-0.2, -0.15) is 0 Å². The average Bonchev–Trinajstić information content (AvgIpc) is 3.06. The molecule has 3 rings (SSSR count). The molecule has 1 saturated heterocycles. The molecule has 9 heteroatoms. The smallest absolute Gasteiger partial charge is 0.244 e. The van der Waals surface area contributed by atoms with Crippen LogP contribution in [0.1, 0.15) is 6.92 Å². The first-order chi connectivity index (χ1) is 13.5. The van der Waals surface area contributed by atoms with Gasteiger partial charge < -0.3 is 35.8 Å². The molecule has 152 valence electrons. The summed E-state index contributed by atoms with van der Waals surface area (Å²) >= 11 is 0. The quantitative estimate of drug-likeness (QED) is 0.562. The van der Waals surface area contributed by atoms with Crippen molar-refractivity contribution in [3.8, 4) is 0 Å². The van der Waals surface area contributed by atoms with E-state index in [1.165, 1.54) is 6.26 Å². The highest BCUT2D eigenvalue weighted by Crippen LogP contribution is 2.21. The number of nitrogens with zero attached hydrogens (tertiary/aromatic N) is 3. The van der Waals surface area contributed by atoms with Gasteiger partial charge in [-0.3, -0.25) is 9.59 Å². The van der Waals surface area contributed by atoms with Crippen LogP contribution < -0.4 is 21.3 Å². The van der Waals surface area contributed by atoms with Crippen LogP contribution in [0.25, 0.3) is 0 Å². The number of nitrogens with two attached hydrogens (primary N) is 1. The first-order valence-electron chi connectivity index (χ1n) is 9.39. The van der Waals surface area contributed by atoms with E-state index < -0.39 is 6.23 Å². The summed E-state index contributed by atoms with van der Waals surface area (Å²) < 4.78 is 5.46. The van der Waals surface area contributed by atoms with Crippen LogP contribution in [0.2, 0.25) is 0 Å². The molecule has 2 aliphatic heterocycles. The number of amides is 2. The zero-order valence-electron chi connectivity index (χ0n) is 16.3. The van der Waals surface area contributed by atoms with Crippen LogP contribution in [0.3, 0.4) is 0 Å². The van der Waals surface area contributed by atoms with Gasteiger partial charge in [0.05, 0.1) is 6.04 Å². The van der Waals surface area contributed by atoms with Gasteiger partial charge in [0.25, 0.3) is 0 Å². The van der Waals surface area contributed by atoms with E-state index >= 15 is 0 Å². The Bertz CT molecular complexity index is 713. The van der Waals surface area contributed by atoms with Gasteiger partial charge in [-0.05, 0) is 38.2 Å². The highest BCUT2D eigenvalue weighted by Gasteiger charge is 2.32. The summed E-state index contributed by atoms with van der Waals surface area (Å²) in [5, 5.41) is 5.41. The van der Waals surface area contributed by atoms with Crippen molar-refractivity contribution in [2.45, 2.75) is 19.2 Å². The molecule has 0 saturated carbocycles. The summed E-state index contributed by atoms with van der Waals surface area (Å²) in [5.74, 6) is 0.194. The fourth-order valence-electron chi connectivity index (χ4n) is 3.35. The van der Waals surface area contributed by atoms with Crippen molar-refractivity contribution in [1.82, 2.24) is 15.1 Å². The zero-order chi connectivity index (χ0) is 20.1. The van der Waals surface area contributed by atoms with E-state index in [9.17, 15) is 9.59 Å². The second kappa shape index (κ2) is 8.94. The zero-order valence-corrected chi connectivity index (χ0v) is 16.3. The number of piperazine rings is 1. The normalized spacial score (nSPS) is 21.0. The largest absolute Gasteiger partial charge is 0.473 e. The van der Waals surface area contributed by atoms with Gasteiger partial charge in [0.1, 0.15) is 18.6 Å². The van der Waals surface area contributed by atoms with Crippen LogP contribution in [-0.2, 0) is 14.3 Å². The highest BCUT2D eigenvalue weighted by molar-refractivity contribution is 5.92. The molecule has 28 heavy (non-hydrogen) atoms. The summed E-state index contributed by atoms with van der Waals surface area (Å²) in [6.45, 7) is 5.87. The third-order valence-corrected chi connectivity index (χ3v) is 4.93. The number of benzene rings is 1. The predicted molar refractivity (Wildman–Crippen MR) is 107 cm³/mol. The molecule has 1 unspecified atom stereocenters. The third-order valence-electron chi connectivity index (χ3n) is 4.93. The molecule has 9 nitrogen and oxygen atoms in total. The van der Waals surface area contributed by atoms with Crippen molar-refractivity contribution >= 4 is 23.7 Å². The van der Waals surface area contributed by atoms with Crippen LogP contribution in [0.5, 0.6) is 0 Å². The lowest BCUT2D eigenvalue weighted by molar-refractivity contribution is -0.119. The van der Waals surface area contributed by atoms with E-state index in [1.807, 2.05) is 24.3 Å². The minimum absolute atomic E-state index is 0.0130. The van der Waals surface area contributed by atoms with E-state index in [0.717, 1.165) is 31.9 Å². The lowest BCUT2D eigenvalue weighted by Gasteiger charge is -2.34. The number of hydrogen-bond donors (Lipinski definition) is 3. The standard InChI is InChI=1S/C19H28N6O3/c1-14(20)19-25(17(12-28-19)21-13-26)11-18(27)22-15-3-5-16(6-4-15)24-9-7-23(2)8-10-24/h3-6,12-14,19H,7-11,20H2,1-2H3,(H,21,26)(H,22,27)/t14-,19?/m0/s1.